The number of nitrogens with zero attached hydrogens (tertiary/aromatic N) is 2. The van der Waals surface area contributed by atoms with Crippen LogP contribution in [-0.4, -0.2) is 6.71 Å². The maximum absolute atomic E-state index is 2.61. The van der Waals surface area contributed by atoms with E-state index >= 15 is 0 Å². The topological polar surface area (TPSA) is 6.48 Å². The first-order valence-corrected chi connectivity index (χ1v) is 29.2. The molecule has 6 aliphatic rings. The van der Waals surface area contributed by atoms with Crippen LogP contribution in [0.4, 0.5) is 34.1 Å². The van der Waals surface area contributed by atoms with Crippen LogP contribution in [0.1, 0.15) is 44.5 Å². The van der Waals surface area contributed by atoms with Gasteiger partial charge in [0.05, 0.1) is 10.8 Å². The summed E-state index contributed by atoms with van der Waals surface area (Å²) < 4.78 is 0. The quantitative estimate of drug-likeness (QED) is 0.162. The number of rotatable bonds is 4. The Kier molecular flexibility index (Phi) is 9.04. The normalized spacial score (nSPS) is 14.6. The second kappa shape index (κ2) is 16.6. The van der Waals surface area contributed by atoms with Crippen molar-refractivity contribution in [2.45, 2.75) is 10.8 Å². The molecule has 0 amide bonds. The van der Waals surface area contributed by atoms with E-state index in [4.69, 9.17) is 0 Å². The van der Waals surface area contributed by atoms with Crippen LogP contribution in [0.5, 0.6) is 0 Å². The Morgan fingerprint density at radius 2 is 0.530 bits per heavy atom. The summed E-state index contributed by atoms with van der Waals surface area (Å²) in [5.41, 5.74) is 35.9. The average Bonchev–Trinajstić information content (AvgIpc) is 2.05. The minimum Gasteiger partial charge on any atom is -0.311 e. The van der Waals surface area contributed by atoms with Crippen LogP contribution >= 0.6 is 0 Å². The first-order chi connectivity index (χ1) is 41.2. The molecule has 0 radical (unpaired) electrons. The third-order valence-electron chi connectivity index (χ3n) is 19.7. The summed E-state index contributed by atoms with van der Waals surface area (Å²) in [6.45, 7) is -0.0942. The van der Waals surface area contributed by atoms with Crippen molar-refractivity contribution < 1.29 is 0 Å². The fourth-order valence-electron chi connectivity index (χ4n) is 16.6. The standard InChI is InChI=1S/C80H49BN2/c1-3-20-50(21-4-1)52-38-44-74-72(46-52)81-73-47-53(51-22-5-2-6-23-51)39-45-75(73)83(55-41-43-63-61-29-12-18-35-69(61)80(71(63)49-55)66-32-15-9-26-58(66)59-27-10-16-33-67(59)80)77-37-19-36-76(78(77)81)82(74)54-40-42-62-60-28-11-17-34-68(60)79(70(62)48-54)64-30-13-7-24-56(64)57-25-8-14-31-65(57)79/h1-49H. The number of benzene rings is 13. The molecule has 0 N–H and O–H groups in total. The minimum absolute atomic E-state index is 0.0942. The van der Waals surface area contributed by atoms with Crippen molar-refractivity contribution in [2.75, 3.05) is 9.80 Å². The van der Waals surface area contributed by atoms with E-state index in [9.17, 15) is 0 Å². The fourth-order valence-corrected chi connectivity index (χ4v) is 16.6. The van der Waals surface area contributed by atoms with Crippen LogP contribution in [0, 0.1) is 0 Å². The summed E-state index contributed by atoms with van der Waals surface area (Å²) in [5, 5.41) is 0. The summed E-state index contributed by atoms with van der Waals surface area (Å²) in [7, 11) is 0. The van der Waals surface area contributed by atoms with Crippen molar-refractivity contribution in [3.63, 3.8) is 0 Å². The van der Waals surface area contributed by atoms with Gasteiger partial charge in [-0.15, -0.1) is 0 Å². The lowest BCUT2D eigenvalue weighted by Gasteiger charge is -2.44. The second-order valence-corrected chi connectivity index (χ2v) is 23.3. The lowest BCUT2D eigenvalue weighted by Crippen LogP contribution is -2.61. The Labute approximate surface area is 483 Å². The molecule has 13 aromatic rings. The van der Waals surface area contributed by atoms with Gasteiger partial charge in [-0.1, -0.05) is 249 Å². The van der Waals surface area contributed by atoms with E-state index in [1.54, 1.807) is 0 Å². The molecule has 0 atom stereocenters. The monoisotopic (exact) mass is 1050 g/mol. The second-order valence-electron chi connectivity index (χ2n) is 23.3. The maximum atomic E-state index is 2.61. The highest BCUT2D eigenvalue weighted by atomic mass is 15.2. The van der Waals surface area contributed by atoms with Gasteiger partial charge in [0.15, 0.2) is 0 Å². The molecule has 382 valence electrons. The van der Waals surface area contributed by atoms with Gasteiger partial charge in [0.1, 0.15) is 0 Å². The Morgan fingerprint density at radius 1 is 0.217 bits per heavy atom. The molecule has 19 rings (SSSR count). The lowest BCUT2D eigenvalue weighted by atomic mass is 9.33. The number of hydrogen-bond donors (Lipinski definition) is 0. The van der Waals surface area contributed by atoms with Crippen molar-refractivity contribution in [1.29, 1.82) is 0 Å². The molecule has 2 heterocycles. The van der Waals surface area contributed by atoms with Crippen molar-refractivity contribution in [2.24, 2.45) is 0 Å². The molecule has 0 bridgehead atoms. The molecule has 2 nitrogen and oxygen atoms in total. The van der Waals surface area contributed by atoms with E-state index in [-0.39, 0.29) is 6.71 Å². The van der Waals surface area contributed by atoms with Crippen molar-refractivity contribution in [1.82, 2.24) is 0 Å². The zero-order valence-electron chi connectivity index (χ0n) is 45.3. The molecule has 3 heteroatoms. The molecule has 0 saturated heterocycles. The van der Waals surface area contributed by atoms with E-state index in [0.29, 0.717) is 0 Å². The SMILES string of the molecule is c1ccc(-c2ccc3c(c2)B2c4cc(-c5ccccc5)ccc4N(c4ccc5c(c4)C4(c6ccccc6-c6ccccc64)c4ccccc4-5)c4cccc(c42)N3c2ccc3c(c2)C2(c4ccccc4-c4ccccc42)c2ccccc2-3)cc1. The van der Waals surface area contributed by atoms with Crippen LogP contribution < -0.4 is 26.2 Å². The summed E-state index contributed by atoms with van der Waals surface area (Å²) in [5.74, 6) is 0. The van der Waals surface area contributed by atoms with E-state index in [2.05, 4.69) is 307 Å². The van der Waals surface area contributed by atoms with Crippen LogP contribution in [0.2, 0.25) is 0 Å². The molecule has 13 aromatic carbocycles. The van der Waals surface area contributed by atoms with Gasteiger partial charge in [-0.2, -0.15) is 0 Å². The average molecular weight is 1050 g/mol. The van der Waals surface area contributed by atoms with Crippen LogP contribution in [-0.2, 0) is 10.8 Å². The number of anilines is 6. The van der Waals surface area contributed by atoms with Gasteiger partial charge in [0.25, 0.3) is 6.71 Å². The summed E-state index contributed by atoms with van der Waals surface area (Å²) in [6, 6.07) is 113. The predicted molar refractivity (Wildman–Crippen MR) is 344 cm³/mol. The molecule has 2 aliphatic heterocycles. The Hall–Kier alpha value is -10.5. The van der Waals surface area contributed by atoms with Crippen LogP contribution in [0.15, 0.2) is 297 Å². The van der Waals surface area contributed by atoms with Crippen LogP contribution in [0.25, 0.3) is 66.8 Å². The highest BCUT2D eigenvalue weighted by Gasteiger charge is 2.54. The Morgan fingerprint density at radius 3 is 0.880 bits per heavy atom. The first kappa shape index (κ1) is 45.3. The van der Waals surface area contributed by atoms with Crippen molar-refractivity contribution in [3.05, 3.63) is 342 Å². The Balaban J connectivity index is 0.883. The van der Waals surface area contributed by atoms with Crippen LogP contribution in [0.3, 0.4) is 0 Å². The van der Waals surface area contributed by atoms with Gasteiger partial charge in [-0.3, -0.25) is 0 Å². The first-order valence-electron chi connectivity index (χ1n) is 29.2. The van der Waals surface area contributed by atoms with E-state index < -0.39 is 10.8 Å². The molecular formula is C80H49BN2. The molecule has 0 unspecified atom stereocenters. The highest BCUT2D eigenvalue weighted by molar-refractivity contribution is 7.00. The maximum Gasteiger partial charge on any atom is 0.252 e. The summed E-state index contributed by atoms with van der Waals surface area (Å²) >= 11 is 0. The van der Waals surface area contributed by atoms with Gasteiger partial charge < -0.3 is 9.80 Å². The minimum atomic E-state index is -0.488. The number of hydrogen-bond acceptors (Lipinski definition) is 2. The van der Waals surface area contributed by atoms with Gasteiger partial charge in [0.2, 0.25) is 0 Å². The molecule has 4 aliphatic carbocycles. The van der Waals surface area contributed by atoms with Crippen molar-refractivity contribution >= 4 is 57.2 Å². The van der Waals surface area contributed by atoms with E-state index in [1.165, 1.54) is 150 Å². The largest absolute Gasteiger partial charge is 0.311 e. The predicted octanol–water partition coefficient (Wildman–Crippen LogP) is 17.8. The van der Waals surface area contributed by atoms with E-state index in [1.807, 2.05) is 0 Å². The molecule has 0 saturated carbocycles. The third kappa shape index (κ3) is 5.74. The number of fused-ring (bicyclic) bond motifs is 24. The summed E-state index contributed by atoms with van der Waals surface area (Å²) in [4.78, 5) is 5.21. The zero-order chi connectivity index (χ0) is 54.1. The molecular weight excluding hydrogens is 1000 g/mol. The van der Waals surface area contributed by atoms with Gasteiger partial charge >= 0.3 is 0 Å². The smallest absolute Gasteiger partial charge is 0.252 e. The zero-order valence-corrected chi connectivity index (χ0v) is 45.3. The molecule has 83 heavy (non-hydrogen) atoms. The van der Waals surface area contributed by atoms with Crippen molar-refractivity contribution in [3.8, 4) is 66.8 Å². The molecule has 0 aromatic heterocycles. The highest BCUT2D eigenvalue weighted by Crippen LogP contribution is 2.65. The lowest BCUT2D eigenvalue weighted by molar-refractivity contribution is 0.793. The third-order valence-corrected chi connectivity index (χ3v) is 19.7. The molecule has 0 fully saturated rings. The fraction of sp³-hybridized carbons (Fsp3) is 0.0250. The summed E-state index contributed by atoms with van der Waals surface area (Å²) in [6.07, 6.45) is 0. The Bertz CT molecular complexity index is 4520. The van der Waals surface area contributed by atoms with Gasteiger partial charge in [0, 0.05) is 34.1 Å². The van der Waals surface area contributed by atoms with Gasteiger partial charge in [-0.25, -0.2) is 0 Å². The van der Waals surface area contributed by atoms with Gasteiger partial charge in [-0.05, 0) is 176 Å². The van der Waals surface area contributed by atoms with E-state index in [0.717, 1.165) is 11.4 Å². The molecule has 2 spiro atoms.